The van der Waals surface area contributed by atoms with Crippen molar-refractivity contribution in [1.82, 2.24) is 24.0 Å². The van der Waals surface area contributed by atoms with Crippen LogP contribution in [0, 0.1) is 0 Å². The Bertz CT molecular complexity index is 1070. The Hall–Kier alpha value is -2.70. The molecule has 2 aromatic carbocycles. The number of benzene rings is 2. The van der Waals surface area contributed by atoms with Gasteiger partial charge >= 0.3 is 0 Å². The van der Waals surface area contributed by atoms with E-state index in [4.69, 9.17) is 9.72 Å². The van der Waals surface area contributed by atoms with Crippen LogP contribution >= 0.6 is 0 Å². The average Bonchev–Trinajstić information content (AvgIpc) is 3.22. The van der Waals surface area contributed by atoms with Crippen molar-refractivity contribution in [1.29, 1.82) is 0 Å². The van der Waals surface area contributed by atoms with Crippen molar-refractivity contribution in [3.05, 3.63) is 54.6 Å². The van der Waals surface area contributed by atoms with Crippen LogP contribution in [-0.2, 0) is 18.3 Å². The smallest absolute Gasteiger partial charge is 0.128 e. The van der Waals surface area contributed by atoms with Gasteiger partial charge in [-0.25, -0.2) is 9.97 Å². The Morgan fingerprint density at radius 1 is 1.00 bits per heavy atom. The van der Waals surface area contributed by atoms with Gasteiger partial charge in [-0.2, -0.15) is 0 Å². The van der Waals surface area contributed by atoms with Gasteiger partial charge in [0.15, 0.2) is 0 Å². The molecule has 1 aliphatic rings. The fourth-order valence-electron chi connectivity index (χ4n) is 3.69. The minimum absolute atomic E-state index is 0.792. The summed E-state index contributed by atoms with van der Waals surface area (Å²) in [5, 5.41) is 0. The molecule has 0 bridgehead atoms. The zero-order chi connectivity index (χ0) is 17.5. The van der Waals surface area contributed by atoms with E-state index in [9.17, 15) is 0 Å². The third-order valence-electron chi connectivity index (χ3n) is 5.07. The van der Waals surface area contributed by atoms with Gasteiger partial charge in [0.25, 0.3) is 0 Å². The van der Waals surface area contributed by atoms with E-state index in [1.807, 2.05) is 24.0 Å². The lowest BCUT2D eigenvalue weighted by Gasteiger charge is -2.26. The van der Waals surface area contributed by atoms with Gasteiger partial charge in [-0.15, -0.1) is 0 Å². The molecular weight excluding hydrogens is 326 g/mol. The van der Waals surface area contributed by atoms with E-state index < -0.39 is 0 Å². The van der Waals surface area contributed by atoms with Gasteiger partial charge in [-0.3, -0.25) is 9.47 Å². The highest BCUT2D eigenvalue weighted by Crippen LogP contribution is 2.25. The molecule has 0 spiro atoms. The highest BCUT2D eigenvalue weighted by atomic mass is 16.5. The van der Waals surface area contributed by atoms with Crippen molar-refractivity contribution < 1.29 is 4.74 Å². The zero-order valence-electron chi connectivity index (χ0n) is 14.8. The second kappa shape index (κ2) is 6.23. The number of hydrogen-bond acceptors (Lipinski definition) is 4. The summed E-state index contributed by atoms with van der Waals surface area (Å²) in [6.45, 7) is 4.30. The molecule has 0 N–H and O–H groups in total. The second-order valence-corrected chi connectivity index (χ2v) is 6.77. The first-order chi connectivity index (χ1) is 12.8. The maximum Gasteiger partial charge on any atom is 0.128 e. The van der Waals surface area contributed by atoms with E-state index in [0.717, 1.165) is 66.4 Å². The average molecular weight is 347 g/mol. The van der Waals surface area contributed by atoms with E-state index in [-0.39, 0.29) is 0 Å². The van der Waals surface area contributed by atoms with Crippen LogP contribution in [0.3, 0.4) is 0 Å². The fourth-order valence-corrected chi connectivity index (χ4v) is 3.69. The summed E-state index contributed by atoms with van der Waals surface area (Å²) in [7, 11) is 2.02. The third-order valence-corrected chi connectivity index (χ3v) is 5.07. The van der Waals surface area contributed by atoms with Gasteiger partial charge in [0, 0.05) is 25.8 Å². The predicted octanol–water partition coefficient (Wildman–Crippen LogP) is 2.74. The Labute approximate surface area is 151 Å². The first-order valence-electron chi connectivity index (χ1n) is 8.97. The van der Waals surface area contributed by atoms with Crippen LogP contribution in [0.4, 0.5) is 0 Å². The van der Waals surface area contributed by atoms with Crippen molar-refractivity contribution in [2.75, 3.05) is 26.3 Å². The molecule has 26 heavy (non-hydrogen) atoms. The fraction of sp³-hybridized carbons (Fsp3) is 0.300. The molecule has 132 valence electrons. The van der Waals surface area contributed by atoms with Gasteiger partial charge < -0.3 is 9.30 Å². The number of hydrogen-bond donors (Lipinski definition) is 0. The standard InChI is InChI=1S/C20H21N5O/c1-23-14-21-17-12-15(6-7-18(17)23)25-19-5-3-2-4-16(19)22-20(25)13-24-8-10-26-11-9-24/h2-7,12,14H,8-11,13H2,1H3. The normalized spacial score (nSPS) is 15.9. The zero-order valence-corrected chi connectivity index (χ0v) is 14.8. The molecule has 4 aromatic rings. The molecule has 0 atom stereocenters. The van der Waals surface area contributed by atoms with Crippen LogP contribution in [0.25, 0.3) is 27.8 Å². The second-order valence-electron chi connectivity index (χ2n) is 6.77. The van der Waals surface area contributed by atoms with Crippen molar-refractivity contribution in [3.63, 3.8) is 0 Å². The van der Waals surface area contributed by atoms with Crippen LogP contribution < -0.4 is 0 Å². The molecule has 5 rings (SSSR count). The molecular formula is C20H21N5O. The van der Waals surface area contributed by atoms with E-state index >= 15 is 0 Å². The SMILES string of the molecule is Cn1cnc2cc(-n3c(CN4CCOCC4)nc4ccccc43)ccc21. The van der Waals surface area contributed by atoms with Crippen molar-refractivity contribution in [2.45, 2.75) is 6.54 Å². The molecule has 6 nitrogen and oxygen atoms in total. The number of fused-ring (bicyclic) bond motifs is 2. The maximum atomic E-state index is 5.48. The summed E-state index contributed by atoms with van der Waals surface area (Å²) >= 11 is 0. The quantitative estimate of drug-likeness (QED) is 0.572. The van der Waals surface area contributed by atoms with E-state index in [1.54, 1.807) is 0 Å². The van der Waals surface area contributed by atoms with E-state index in [2.05, 4.69) is 50.8 Å². The lowest BCUT2D eigenvalue weighted by Crippen LogP contribution is -2.36. The highest BCUT2D eigenvalue weighted by molar-refractivity contribution is 5.82. The van der Waals surface area contributed by atoms with E-state index in [0.29, 0.717) is 0 Å². The number of morpholine rings is 1. The van der Waals surface area contributed by atoms with Crippen molar-refractivity contribution in [3.8, 4) is 5.69 Å². The molecule has 0 radical (unpaired) electrons. The van der Waals surface area contributed by atoms with E-state index in [1.165, 1.54) is 0 Å². The van der Waals surface area contributed by atoms with Gasteiger partial charge in [0.05, 0.1) is 48.2 Å². The largest absolute Gasteiger partial charge is 0.379 e. The molecule has 1 saturated heterocycles. The lowest BCUT2D eigenvalue weighted by atomic mass is 10.2. The molecule has 1 aliphatic heterocycles. The molecule has 0 unspecified atom stereocenters. The predicted molar refractivity (Wildman–Crippen MR) is 101 cm³/mol. The number of nitrogens with zero attached hydrogens (tertiary/aromatic N) is 5. The minimum atomic E-state index is 0.792. The van der Waals surface area contributed by atoms with Crippen LogP contribution in [-0.4, -0.2) is 50.3 Å². The van der Waals surface area contributed by atoms with Gasteiger partial charge in [-0.1, -0.05) is 12.1 Å². The maximum absolute atomic E-state index is 5.48. The van der Waals surface area contributed by atoms with Crippen molar-refractivity contribution in [2.24, 2.45) is 7.05 Å². The number of imidazole rings is 2. The Balaban J connectivity index is 1.64. The topological polar surface area (TPSA) is 48.1 Å². The van der Waals surface area contributed by atoms with Gasteiger partial charge in [0.1, 0.15) is 5.82 Å². The number of aromatic nitrogens is 4. The first-order valence-corrected chi connectivity index (χ1v) is 8.97. The number of rotatable bonds is 3. The summed E-state index contributed by atoms with van der Waals surface area (Å²) in [6, 6.07) is 14.7. The van der Waals surface area contributed by atoms with Crippen LogP contribution in [0.1, 0.15) is 5.82 Å². The summed E-state index contributed by atoms with van der Waals surface area (Å²) in [4.78, 5) is 11.8. The lowest BCUT2D eigenvalue weighted by molar-refractivity contribution is 0.0329. The number of ether oxygens (including phenoxy) is 1. The van der Waals surface area contributed by atoms with Crippen LogP contribution in [0.2, 0.25) is 0 Å². The molecule has 2 aromatic heterocycles. The number of aryl methyl sites for hydroxylation is 1. The first kappa shape index (κ1) is 15.5. The van der Waals surface area contributed by atoms with Gasteiger partial charge in [-0.05, 0) is 30.3 Å². The Morgan fingerprint density at radius 2 is 1.85 bits per heavy atom. The van der Waals surface area contributed by atoms with Crippen molar-refractivity contribution >= 4 is 22.1 Å². The summed E-state index contributed by atoms with van der Waals surface area (Å²) < 4.78 is 9.79. The molecule has 3 heterocycles. The Morgan fingerprint density at radius 3 is 2.73 bits per heavy atom. The van der Waals surface area contributed by atoms with Crippen LogP contribution in [0.15, 0.2) is 48.8 Å². The Kier molecular flexibility index (Phi) is 3.72. The molecule has 0 saturated carbocycles. The van der Waals surface area contributed by atoms with Crippen LogP contribution in [0.5, 0.6) is 0 Å². The molecule has 0 aliphatic carbocycles. The third kappa shape index (κ3) is 2.58. The molecule has 6 heteroatoms. The number of para-hydroxylation sites is 2. The summed E-state index contributed by atoms with van der Waals surface area (Å²) in [6.07, 6.45) is 1.86. The summed E-state index contributed by atoms with van der Waals surface area (Å²) in [5.74, 6) is 1.06. The summed E-state index contributed by atoms with van der Waals surface area (Å²) in [5.41, 5.74) is 5.39. The minimum Gasteiger partial charge on any atom is -0.379 e. The molecule has 0 amide bonds. The molecule has 1 fully saturated rings. The monoisotopic (exact) mass is 347 g/mol. The van der Waals surface area contributed by atoms with Gasteiger partial charge in [0.2, 0.25) is 0 Å². The highest BCUT2D eigenvalue weighted by Gasteiger charge is 2.18.